The zero-order valence-electron chi connectivity index (χ0n) is 7.94. The van der Waals surface area contributed by atoms with Crippen LogP contribution in [0.4, 0.5) is 11.6 Å². The summed E-state index contributed by atoms with van der Waals surface area (Å²) in [5, 5.41) is 7.36. The summed E-state index contributed by atoms with van der Waals surface area (Å²) in [6.45, 7) is 3.72. The van der Waals surface area contributed by atoms with Crippen molar-refractivity contribution < 1.29 is 0 Å². The van der Waals surface area contributed by atoms with Crippen molar-refractivity contribution in [2.24, 2.45) is 0 Å². The van der Waals surface area contributed by atoms with E-state index >= 15 is 0 Å². The Hall–Kier alpha value is -1.98. The second-order valence-corrected chi connectivity index (χ2v) is 3.06. The van der Waals surface area contributed by atoms with Crippen LogP contribution in [-0.4, -0.2) is 20.2 Å². The minimum atomic E-state index is 0.254. The molecule has 2 aromatic rings. The SMILES string of the molecule is Cc1nc2c(N)nnc(N)c2nc1C. The number of aromatic nitrogens is 4. The Balaban J connectivity index is 2.94. The van der Waals surface area contributed by atoms with E-state index in [2.05, 4.69) is 20.2 Å². The molecular weight excluding hydrogens is 180 g/mol. The molecule has 6 heteroatoms. The number of rotatable bonds is 0. The molecule has 0 saturated carbocycles. The maximum absolute atomic E-state index is 5.61. The van der Waals surface area contributed by atoms with Gasteiger partial charge in [0.2, 0.25) is 0 Å². The first-order chi connectivity index (χ1) is 6.59. The third-order valence-electron chi connectivity index (χ3n) is 2.06. The number of nitrogen functional groups attached to an aromatic ring is 2. The van der Waals surface area contributed by atoms with Gasteiger partial charge in [-0.25, -0.2) is 9.97 Å². The van der Waals surface area contributed by atoms with Gasteiger partial charge in [-0.1, -0.05) is 0 Å². The molecule has 0 radical (unpaired) electrons. The van der Waals surface area contributed by atoms with E-state index in [9.17, 15) is 0 Å². The van der Waals surface area contributed by atoms with Gasteiger partial charge in [0.15, 0.2) is 11.6 Å². The number of anilines is 2. The molecule has 72 valence electrons. The lowest BCUT2D eigenvalue weighted by Gasteiger charge is -2.04. The van der Waals surface area contributed by atoms with Gasteiger partial charge in [0, 0.05) is 0 Å². The molecule has 0 amide bonds. The summed E-state index contributed by atoms with van der Waals surface area (Å²) in [5.74, 6) is 0.509. The highest BCUT2D eigenvalue weighted by Crippen LogP contribution is 2.19. The molecule has 0 aliphatic carbocycles. The number of hydrogen-bond acceptors (Lipinski definition) is 6. The van der Waals surface area contributed by atoms with E-state index in [0.29, 0.717) is 11.0 Å². The van der Waals surface area contributed by atoms with Crippen LogP contribution in [0.15, 0.2) is 0 Å². The van der Waals surface area contributed by atoms with Gasteiger partial charge in [-0.2, -0.15) is 0 Å². The lowest BCUT2D eigenvalue weighted by molar-refractivity contribution is 1.03. The fourth-order valence-electron chi connectivity index (χ4n) is 1.16. The Labute approximate surface area is 80.4 Å². The Morgan fingerprint density at radius 1 is 0.786 bits per heavy atom. The average molecular weight is 190 g/mol. The van der Waals surface area contributed by atoms with E-state index in [-0.39, 0.29) is 11.6 Å². The number of nitrogens with two attached hydrogens (primary N) is 2. The quantitative estimate of drug-likeness (QED) is 0.615. The van der Waals surface area contributed by atoms with Crippen LogP contribution in [0.3, 0.4) is 0 Å². The van der Waals surface area contributed by atoms with E-state index in [0.717, 1.165) is 11.4 Å². The summed E-state index contributed by atoms with van der Waals surface area (Å²) in [4.78, 5) is 8.53. The first-order valence-electron chi connectivity index (χ1n) is 4.12. The van der Waals surface area contributed by atoms with Gasteiger partial charge >= 0.3 is 0 Å². The molecule has 0 saturated heterocycles. The minimum absolute atomic E-state index is 0.254. The van der Waals surface area contributed by atoms with Crippen LogP contribution >= 0.6 is 0 Å². The van der Waals surface area contributed by atoms with Crippen molar-refractivity contribution in [2.45, 2.75) is 13.8 Å². The third kappa shape index (κ3) is 1.12. The number of hydrogen-bond donors (Lipinski definition) is 2. The summed E-state index contributed by atoms with van der Waals surface area (Å²) in [7, 11) is 0. The third-order valence-corrected chi connectivity index (χ3v) is 2.06. The molecule has 6 nitrogen and oxygen atoms in total. The molecule has 0 spiro atoms. The second kappa shape index (κ2) is 2.76. The largest absolute Gasteiger partial charge is 0.380 e. The number of fused-ring (bicyclic) bond motifs is 1. The Morgan fingerprint density at radius 2 is 1.14 bits per heavy atom. The Kier molecular flexibility index (Phi) is 1.70. The highest BCUT2D eigenvalue weighted by molar-refractivity contribution is 5.90. The van der Waals surface area contributed by atoms with E-state index in [1.54, 1.807) is 0 Å². The topological polar surface area (TPSA) is 104 Å². The summed E-state index contributed by atoms with van der Waals surface area (Å²) >= 11 is 0. The molecule has 0 unspecified atom stereocenters. The smallest absolute Gasteiger partial charge is 0.174 e. The van der Waals surface area contributed by atoms with E-state index in [1.807, 2.05) is 13.8 Å². The monoisotopic (exact) mass is 190 g/mol. The van der Waals surface area contributed by atoms with Gasteiger partial charge in [-0.05, 0) is 13.8 Å². The van der Waals surface area contributed by atoms with Crippen molar-refractivity contribution in [1.82, 2.24) is 20.2 Å². The standard InChI is InChI=1S/C8H10N6/c1-3-4(2)12-6-5(11-3)7(9)13-14-8(6)10/h1-2H3,(H2,9,13)(H2,10,14). The predicted molar refractivity (Wildman–Crippen MR) is 53.4 cm³/mol. The summed E-state index contributed by atoms with van der Waals surface area (Å²) in [6.07, 6.45) is 0. The normalized spacial score (nSPS) is 10.7. The number of nitrogens with zero attached hydrogens (tertiary/aromatic N) is 4. The zero-order chi connectivity index (χ0) is 10.3. The van der Waals surface area contributed by atoms with Crippen molar-refractivity contribution in [3.8, 4) is 0 Å². The van der Waals surface area contributed by atoms with E-state index in [1.165, 1.54) is 0 Å². The molecular formula is C8H10N6. The van der Waals surface area contributed by atoms with Crippen LogP contribution in [0.1, 0.15) is 11.4 Å². The fourth-order valence-corrected chi connectivity index (χ4v) is 1.16. The van der Waals surface area contributed by atoms with Crippen molar-refractivity contribution in [3.05, 3.63) is 11.4 Å². The maximum Gasteiger partial charge on any atom is 0.174 e. The summed E-state index contributed by atoms with van der Waals surface area (Å²) in [5.41, 5.74) is 13.9. The second-order valence-electron chi connectivity index (χ2n) is 3.06. The average Bonchev–Trinajstić information content (AvgIpc) is 2.15. The first kappa shape index (κ1) is 8.61. The first-order valence-corrected chi connectivity index (χ1v) is 4.12. The fraction of sp³-hybridized carbons (Fsp3) is 0.250. The van der Waals surface area contributed by atoms with E-state index in [4.69, 9.17) is 11.5 Å². The Bertz CT molecular complexity index is 460. The molecule has 2 aromatic heterocycles. The van der Waals surface area contributed by atoms with Crippen molar-refractivity contribution in [3.63, 3.8) is 0 Å². The Morgan fingerprint density at radius 3 is 1.50 bits per heavy atom. The molecule has 2 heterocycles. The zero-order valence-corrected chi connectivity index (χ0v) is 7.94. The van der Waals surface area contributed by atoms with Crippen LogP contribution in [0.25, 0.3) is 11.0 Å². The highest BCUT2D eigenvalue weighted by Gasteiger charge is 2.09. The molecule has 2 rings (SSSR count). The molecule has 0 atom stereocenters. The van der Waals surface area contributed by atoms with Crippen molar-refractivity contribution >= 4 is 22.7 Å². The number of aryl methyl sites for hydroxylation is 2. The van der Waals surface area contributed by atoms with Crippen LogP contribution < -0.4 is 11.5 Å². The van der Waals surface area contributed by atoms with Gasteiger partial charge in [-0.3, -0.25) is 0 Å². The van der Waals surface area contributed by atoms with Crippen LogP contribution in [0.2, 0.25) is 0 Å². The molecule has 0 aliphatic heterocycles. The van der Waals surface area contributed by atoms with Gasteiger partial charge < -0.3 is 11.5 Å². The van der Waals surface area contributed by atoms with Crippen molar-refractivity contribution in [1.29, 1.82) is 0 Å². The van der Waals surface area contributed by atoms with Crippen molar-refractivity contribution in [2.75, 3.05) is 11.5 Å². The molecule has 0 fully saturated rings. The molecule has 0 aromatic carbocycles. The van der Waals surface area contributed by atoms with Gasteiger partial charge in [0.05, 0.1) is 11.4 Å². The van der Waals surface area contributed by atoms with E-state index < -0.39 is 0 Å². The molecule has 14 heavy (non-hydrogen) atoms. The van der Waals surface area contributed by atoms with Gasteiger partial charge in [-0.15, -0.1) is 10.2 Å². The van der Waals surface area contributed by atoms with Gasteiger partial charge in [0.25, 0.3) is 0 Å². The lowest BCUT2D eigenvalue weighted by Crippen LogP contribution is -2.04. The maximum atomic E-state index is 5.61. The van der Waals surface area contributed by atoms with Crippen LogP contribution in [0, 0.1) is 13.8 Å². The molecule has 4 N–H and O–H groups in total. The lowest BCUT2D eigenvalue weighted by atomic mass is 10.3. The molecule has 0 aliphatic rings. The van der Waals surface area contributed by atoms with Crippen LogP contribution in [-0.2, 0) is 0 Å². The van der Waals surface area contributed by atoms with Gasteiger partial charge in [0.1, 0.15) is 11.0 Å². The highest BCUT2D eigenvalue weighted by atomic mass is 15.2. The molecule has 0 bridgehead atoms. The minimum Gasteiger partial charge on any atom is -0.380 e. The predicted octanol–water partition coefficient (Wildman–Crippen LogP) is 0.201. The van der Waals surface area contributed by atoms with Crippen LogP contribution in [0.5, 0.6) is 0 Å². The summed E-state index contributed by atoms with van der Waals surface area (Å²) < 4.78 is 0. The summed E-state index contributed by atoms with van der Waals surface area (Å²) in [6, 6.07) is 0.